The van der Waals surface area contributed by atoms with Gasteiger partial charge < -0.3 is 42.6 Å². The van der Waals surface area contributed by atoms with Gasteiger partial charge in [-0.25, -0.2) is 4.98 Å². The van der Waals surface area contributed by atoms with Gasteiger partial charge in [-0.3, -0.25) is 28.8 Å². The SMILES string of the molecule is CC(C)C[C@H](NC(=O)[C@H](Cc1c[nH]cn1)NC(=O)CNC(=O)[C@@H](NC(=O)[C@H](C)N)C(C)C)C(=O)N1CSC[C@H]1C(N)=O. The van der Waals surface area contributed by atoms with E-state index in [4.69, 9.17) is 11.5 Å². The summed E-state index contributed by atoms with van der Waals surface area (Å²) in [5, 5.41) is 10.4. The Bertz CT molecular complexity index is 1110. The molecule has 42 heavy (non-hydrogen) atoms. The van der Waals surface area contributed by atoms with Gasteiger partial charge in [0.05, 0.1) is 30.5 Å². The largest absolute Gasteiger partial charge is 0.368 e. The minimum absolute atomic E-state index is 0.000150. The van der Waals surface area contributed by atoms with Crippen LogP contribution in [0.5, 0.6) is 0 Å². The summed E-state index contributed by atoms with van der Waals surface area (Å²) in [6.45, 7) is 8.27. The lowest BCUT2D eigenvalue weighted by Crippen LogP contribution is -2.58. The highest BCUT2D eigenvalue weighted by Gasteiger charge is 2.38. The maximum absolute atomic E-state index is 13.5. The molecular formula is C26H43N9O6S. The van der Waals surface area contributed by atoms with Gasteiger partial charge in [0.25, 0.3) is 0 Å². The molecule has 0 spiro atoms. The number of H-pyrrole nitrogens is 1. The zero-order chi connectivity index (χ0) is 31.6. The van der Waals surface area contributed by atoms with Crippen LogP contribution in [0.25, 0.3) is 0 Å². The first kappa shape index (κ1) is 34.5. The number of carbonyl (C=O) groups excluding carboxylic acids is 6. The summed E-state index contributed by atoms with van der Waals surface area (Å²) in [6.07, 6.45) is 3.29. The van der Waals surface area contributed by atoms with Crippen LogP contribution in [0.3, 0.4) is 0 Å². The van der Waals surface area contributed by atoms with Gasteiger partial charge in [0.2, 0.25) is 35.4 Å². The maximum Gasteiger partial charge on any atom is 0.246 e. The molecule has 1 aliphatic heterocycles. The average Bonchev–Trinajstić information content (AvgIpc) is 3.61. The molecule has 0 saturated carbocycles. The van der Waals surface area contributed by atoms with E-state index in [0.717, 1.165) is 0 Å². The molecular weight excluding hydrogens is 566 g/mol. The molecule has 1 saturated heterocycles. The first-order chi connectivity index (χ1) is 19.7. The fourth-order valence-corrected chi connectivity index (χ4v) is 5.40. The molecule has 5 atom stereocenters. The minimum atomic E-state index is -1.14. The van der Waals surface area contributed by atoms with Crippen LogP contribution < -0.4 is 32.7 Å². The van der Waals surface area contributed by atoms with E-state index in [-0.39, 0.29) is 24.1 Å². The highest BCUT2D eigenvalue weighted by atomic mass is 32.2. The van der Waals surface area contributed by atoms with E-state index in [0.29, 0.717) is 17.9 Å². The number of rotatable bonds is 15. The second kappa shape index (κ2) is 16.1. The Morgan fingerprint density at radius 1 is 1.02 bits per heavy atom. The molecule has 1 aromatic heterocycles. The molecule has 6 amide bonds. The normalized spacial score (nSPS) is 17.7. The molecule has 0 aromatic carbocycles. The second-order valence-electron chi connectivity index (χ2n) is 11.0. The molecule has 1 aliphatic rings. The molecule has 1 fully saturated rings. The van der Waals surface area contributed by atoms with Crippen molar-refractivity contribution in [2.24, 2.45) is 23.3 Å². The Kier molecular flexibility index (Phi) is 13.2. The second-order valence-corrected chi connectivity index (χ2v) is 12.0. The highest BCUT2D eigenvalue weighted by molar-refractivity contribution is 7.99. The zero-order valence-electron chi connectivity index (χ0n) is 24.6. The molecule has 1 aromatic rings. The number of thioether (sulfide) groups is 1. The lowest BCUT2D eigenvalue weighted by Gasteiger charge is -2.29. The van der Waals surface area contributed by atoms with E-state index in [9.17, 15) is 28.8 Å². The summed E-state index contributed by atoms with van der Waals surface area (Å²) in [4.78, 5) is 84.6. The molecule has 0 unspecified atom stereocenters. The fraction of sp³-hybridized carbons (Fsp3) is 0.654. The predicted octanol–water partition coefficient (Wildman–Crippen LogP) is -2.04. The van der Waals surface area contributed by atoms with Crippen molar-refractivity contribution >= 4 is 47.2 Å². The van der Waals surface area contributed by atoms with Crippen LogP contribution in [0.2, 0.25) is 0 Å². The van der Waals surface area contributed by atoms with Crippen molar-refractivity contribution in [3.63, 3.8) is 0 Å². The van der Waals surface area contributed by atoms with Crippen molar-refractivity contribution in [1.29, 1.82) is 0 Å². The molecule has 15 nitrogen and oxygen atoms in total. The van der Waals surface area contributed by atoms with Crippen LogP contribution in [0.4, 0.5) is 0 Å². The molecule has 16 heteroatoms. The third kappa shape index (κ3) is 10.3. The van der Waals surface area contributed by atoms with Gasteiger partial charge in [0.1, 0.15) is 24.2 Å². The van der Waals surface area contributed by atoms with Crippen LogP contribution in [0, 0.1) is 11.8 Å². The average molecular weight is 610 g/mol. The monoisotopic (exact) mass is 609 g/mol. The van der Waals surface area contributed by atoms with Crippen LogP contribution >= 0.6 is 11.8 Å². The van der Waals surface area contributed by atoms with E-state index in [2.05, 4.69) is 31.2 Å². The Hall–Kier alpha value is -3.66. The fourth-order valence-electron chi connectivity index (χ4n) is 4.22. The quantitative estimate of drug-likeness (QED) is 0.116. The maximum atomic E-state index is 13.5. The summed E-state index contributed by atoms with van der Waals surface area (Å²) in [5.74, 6) is -3.07. The molecule has 9 N–H and O–H groups in total. The molecule has 2 rings (SSSR count). The minimum Gasteiger partial charge on any atom is -0.368 e. The van der Waals surface area contributed by atoms with E-state index >= 15 is 0 Å². The van der Waals surface area contributed by atoms with Crippen LogP contribution in [-0.2, 0) is 35.2 Å². The van der Waals surface area contributed by atoms with E-state index in [1.165, 1.54) is 29.9 Å². The Labute approximate surface area is 249 Å². The lowest BCUT2D eigenvalue weighted by atomic mass is 10.0. The van der Waals surface area contributed by atoms with Crippen molar-refractivity contribution in [2.45, 2.75) is 77.7 Å². The number of aromatic nitrogens is 2. The first-order valence-corrected chi connectivity index (χ1v) is 14.9. The molecule has 2 heterocycles. The number of amides is 6. The Morgan fingerprint density at radius 3 is 2.26 bits per heavy atom. The number of hydrogen-bond donors (Lipinski definition) is 7. The number of imidazole rings is 1. The number of nitrogens with zero attached hydrogens (tertiary/aromatic N) is 2. The van der Waals surface area contributed by atoms with Gasteiger partial charge in [-0.1, -0.05) is 27.7 Å². The third-order valence-electron chi connectivity index (χ3n) is 6.52. The number of nitrogens with one attached hydrogen (secondary N) is 5. The van der Waals surface area contributed by atoms with Crippen molar-refractivity contribution in [3.05, 3.63) is 18.2 Å². The van der Waals surface area contributed by atoms with Crippen molar-refractivity contribution in [3.8, 4) is 0 Å². The molecule has 0 bridgehead atoms. The summed E-state index contributed by atoms with van der Waals surface area (Å²) in [7, 11) is 0. The van der Waals surface area contributed by atoms with Crippen molar-refractivity contribution in [1.82, 2.24) is 36.1 Å². The first-order valence-electron chi connectivity index (χ1n) is 13.8. The summed E-state index contributed by atoms with van der Waals surface area (Å²) >= 11 is 1.39. The Balaban J connectivity index is 2.14. The number of primary amides is 1. The molecule has 234 valence electrons. The number of carbonyl (C=O) groups is 6. The Morgan fingerprint density at radius 2 is 1.71 bits per heavy atom. The van der Waals surface area contributed by atoms with Gasteiger partial charge in [-0.05, 0) is 25.2 Å². The highest BCUT2D eigenvalue weighted by Crippen LogP contribution is 2.23. The topological polar surface area (TPSA) is 234 Å². The van der Waals surface area contributed by atoms with E-state index < -0.39 is 72.2 Å². The van der Waals surface area contributed by atoms with E-state index in [1.807, 2.05) is 13.8 Å². The lowest BCUT2D eigenvalue weighted by molar-refractivity contribution is -0.141. The smallest absolute Gasteiger partial charge is 0.246 e. The summed E-state index contributed by atoms with van der Waals surface area (Å²) < 4.78 is 0. The van der Waals surface area contributed by atoms with Crippen LogP contribution in [0.1, 0.15) is 46.7 Å². The van der Waals surface area contributed by atoms with Gasteiger partial charge in [0.15, 0.2) is 0 Å². The van der Waals surface area contributed by atoms with Crippen molar-refractivity contribution in [2.75, 3.05) is 18.2 Å². The summed E-state index contributed by atoms with van der Waals surface area (Å²) in [6, 6.07) is -4.61. The standard InChI is InChI=1S/C26H43N9O6S/c1-13(2)6-18(26(41)35-12-42-10-19(35)22(28)37)33-24(39)17(7-16-8-29-11-31-16)32-20(36)9-30-25(40)21(14(3)4)34-23(38)15(5)27/h8,11,13-15,17-19,21H,6-7,9-10,12,27H2,1-5H3,(H2,28,37)(H,29,31)(H,30,40)(H,32,36)(H,33,39)(H,34,38)/t15-,17-,18-,19-,21-/m0/s1. The van der Waals surface area contributed by atoms with Gasteiger partial charge in [0, 0.05) is 18.4 Å². The summed E-state index contributed by atoms with van der Waals surface area (Å²) in [5.41, 5.74) is 11.5. The zero-order valence-corrected chi connectivity index (χ0v) is 25.5. The van der Waals surface area contributed by atoms with E-state index in [1.54, 1.807) is 20.0 Å². The third-order valence-corrected chi connectivity index (χ3v) is 7.53. The van der Waals surface area contributed by atoms with Gasteiger partial charge in [-0.2, -0.15) is 0 Å². The number of aromatic amines is 1. The van der Waals surface area contributed by atoms with Crippen LogP contribution in [0.15, 0.2) is 12.5 Å². The van der Waals surface area contributed by atoms with Gasteiger partial charge >= 0.3 is 0 Å². The van der Waals surface area contributed by atoms with Crippen LogP contribution in [-0.4, -0.2) is 98.7 Å². The van der Waals surface area contributed by atoms with Crippen molar-refractivity contribution < 1.29 is 28.8 Å². The number of hydrogen-bond acceptors (Lipinski definition) is 9. The number of nitrogens with two attached hydrogens (primary N) is 2. The van der Waals surface area contributed by atoms with Gasteiger partial charge in [-0.15, -0.1) is 11.8 Å². The molecule has 0 aliphatic carbocycles. The molecule has 0 radical (unpaired) electrons. The predicted molar refractivity (Wildman–Crippen MR) is 156 cm³/mol.